The minimum Gasteiger partial charge on any atom is -0.356 e. The van der Waals surface area contributed by atoms with E-state index in [-0.39, 0.29) is 16.9 Å². The van der Waals surface area contributed by atoms with Gasteiger partial charge in [-0.05, 0) is 24.8 Å². The second kappa shape index (κ2) is 5.33. The summed E-state index contributed by atoms with van der Waals surface area (Å²) in [5.41, 5.74) is 5.99. The highest BCUT2D eigenvalue weighted by Gasteiger charge is 2.29. The lowest BCUT2D eigenvalue weighted by atomic mass is 9.80. The van der Waals surface area contributed by atoms with Crippen LogP contribution in [0.15, 0.2) is 10.9 Å². The van der Waals surface area contributed by atoms with E-state index in [1.807, 2.05) is 13.8 Å². The van der Waals surface area contributed by atoms with Crippen molar-refractivity contribution in [2.45, 2.75) is 39.5 Å². The number of anilines is 1. The van der Waals surface area contributed by atoms with E-state index in [4.69, 9.17) is 5.73 Å². The van der Waals surface area contributed by atoms with Crippen molar-refractivity contribution in [1.82, 2.24) is 9.97 Å². The highest BCUT2D eigenvalue weighted by atomic mass is 16.1. The molecule has 0 spiro atoms. The van der Waals surface area contributed by atoms with E-state index in [0.29, 0.717) is 0 Å². The predicted octanol–water partition coefficient (Wildman–Crippen LogP) is 1.46. The molecule has 0 saturated carbocycles. The Bertz CT molecular complexity index is 486. The fourth-order valence-corrected chi connectivity index (χ4v) is 2.38. The van der Waals surface area contributed by atoms with Crippen LogP contribution in [0.1, 0.15) is 45.4 Å². The number of nitrogens with two attached hydrogens (primary N) is 1. The van der Waals surface area contributed by atoms with Crippen LogP contribution in [-0.4, -0.2) is 29.6 Å². The molecular formula is C14H24N4O. The lowest BCUT2D eigenvalue weighted by Gasteiger charge is -2.39. The number of aromatic amines is 1. The van der Waals surface area contributed by atoms with Crippen molar-refractivity contribution in [3.05, 3.63) is 22.2 Å². The van der Waals surface area contributed by atoms with E-state index in [1.165, 1.54) is 0 Å². The van der Waals surface area contributed by atoms with Crippen molar-refractivity contribution in [3.63, 3.8) is 0 Å². The van der Waals surface area contributed by atoms with E-state index in [2.05, 4.69) is 21.8 Å². The summed E-state index contributed by atoms with van der Waals surface area (Å²) >= 11 is 0. The van der Waals surface area contributed by atoms with Gasteiger partial charge in [-0.15, -0.1) is 0 Å². The maximum atomic E-state index is 11.7. The van der Waals surface area contributed by atoms with Gasteiger partial charge in [0.2, 0.25) is 0 Å². The molecule has 5 nitrogen and oxygen atoms in total. The summed E-state index contributed by atoms with van der Waals surface area (Å²) in [7, 11) is 0. The van der Waals surface area contributed by atoms with Gasteiger partial charge in [-0.25, -0.2) is 4.98 Å². The van der Waals surface area contributed by atoms with Crippen molar-refractivity contribution >= 4 is 5.82 Å². The van der Waals surface area contributed by atoms with Gasteiger partial charge in [0, 0.05) is 25.1 Å². The molecule has 1 aromatic heterocycles. The molecule has 2 rings (SSSR count). The smallest absolute Gasteiger partial charge is 0.252 e. The summed E-state index contributed by atoms with van der Waals surface area (Å²) in [5, 5.41) is 0. The molecule has 0 unspecified atom stereocenters. The van der Waals surface area contributed by atoms with Crippen LogP contribution in [0, 0.1) is 5.41 Å². The van der Waals surface area contributed by atoms with Crippen LogP contribution in [0.3, 0.4) is 0 Å². The Labute approximate surface area is 114 Å². The van der Waals surface area contributed by atoms with Gasteiger partial charge in [0.05, 0.1) is 0 Å². The number of nitrogens with zero attached hydrogens (tertiary/aromatic N) is 2. The monoisotopic (exact) mass is 264 g/mol. The van der Waals surface area contributed by atoms with Gasteiger partial charge < -0.3 is 15.6 Å². The molecule has 1 saturated heterocycles. The molecule has 1 aromatic rings. The second-order valence-corrected chi connectivity index (χ2v) is 6.15. The molecule has 0 bridgehead atoms. The Morgan fingerprint density at radius 1 is 1.47 bits per heavy atom. The maximum absolute atomic E-state index is 11.7. The number of rotatable bonds is 3. The molecule has 1 aliphatic heterocycles. The van der Waals surface area contributed by atoms with E-state index in [1.54, 1.807) is 6.07 Å². The number of nitrogens with one attached hydrogen (secondary N) is 1. The average Bonchev–Trinajstić information content (AvgIpc) is 2.39. The van der Waals surface area contributed by atoms with Crippen LogP contribution in [0.2, 0.25) is 0 Å². The molecule has 0 atom stereocenters. The fraction of sp³-hybridized carbons (Fsp3) is 0.714. The Hall–Kier alpha value is -1.36. The first-order chi connectivity index (χ1) is 8.93. The van der Waals surface area contributed by atoms with Crippen molar-refractivity contribution in [1.29, 1.82) is 0 Å². The standard InChI is InChI=1S/C14H24N4O/c1-10(2)13-16-11(8-12(19)17-13)18-6-4-14(3,9-15)5-7-18/h8,10H,4-7,9,15H2,1-3H3,(H,16,17,19). The first kappa shape index (κ1) is 14.1. The third-order valence-electron chi connectivity index (χ3n) is 4.08. The number of piperidine rings is 1. The summed E-state index contributed by atoms with van der Waals surface area (Å²) in [6, 6.07) is 1.59. The van der Waals surface area contributed by atoms with Gasteiger partial charge in [0.15, 0.2) is 0 Å². The summed E-state index contributed by atoms with van der Waals surface area (Å²) in [6.45, 7) is 8.85. The van der Waals surface area contributed by atoms with Crippen LogP contribution in [0.25, 0.3) is 0 Å². The Balaban J connectivity index is 2.18. The topological polar surface area (TPSA) is 75.0 Å². The summed E-state index contributed by atoms with van der Waals surface area (Å²) in [4.78, 5) is 21.3. The van der Waals surface area contributed by atoms with Crippen LogP contribution < -0.4 is 16.2 Å². The van der Waals surface area contributed by atoms with Crippen LogP contribution in [0.4, 0.5) is 5.82 Å². The maximum Gasteiger partial charge on any atom is 0.252 e. The summed E-state index contributed by atoms with van der Waals surface area (Å²) in [5.74, 6) is 1.79. The summed E-state index contributed by atoms with van der Waals surface area (Å²) < 4.78 is 0. The lowest BCUT2D eigenvalue weighted by molar-refractivity contribution is 0.258. The summed E-state index contributed by atoms with van der Waals surface area (Å²) in [6.07, 6.45) is 2.10. The normalized spacial score (nSPS) is 18.9. The van der Waals surface area contributed by atoms with Crippen LogP contribution in [-0.2, 0) is 0 Å². The third-order valence-corrected chi connectivity index (χ3v) is 4.08. The van der Waals surface area contributed by atoms with Crippen molar-refractivity contribution in [2.24, 2.45) is 11.1 Å². The van der Waals surface area contributed by atoms with Gasteiger partial charge in [-0.3, -0.25) is 4.79 Å². The van der Waals surface area contributed by atoms with Crippen LogP contribution >= 0.6 is 0 Å². The Morgan fingerprint density at radius 3 is 2.63 bits per heavy atom. The first-order valence-electron chi connectivity index (χ1n) is 7.00. The van der Waals surface area contributed by atoms with Crippen molar-refractivity contribution < 1.29 is 0 Å². The molecule has 0 amide bonds. The van der Waals surface area contributed by atoms with Crippen LogP contribution in [0.5, 0.6) is 0 Å². The van der Waals surface area contributed by atoms with E-state index < -0.39 is 0 Å². The largest absolute Gasteiger partial charge is 0.356 e. The molecular weight excluding hydrogens is 240 g/mol. The van der Waals surface area contributed by atoms with Gasteiger partial charge in [0.25, 0.3) is 5.56 Å². The first-order valence-corrected chi connectivity index (χ1v) is 7.00. The molecule has 1 fully saturated rings. The zero-order valence-electron chi connectivity index (χ0n) is 12.1. The number of hydrogen-bond acceptors (Lipinski definition) is 4. The average molecular weight is 264 g/mol. The number of H-pyrrole nitrogens is 1. The van der Waals surface area contributed by atoms with Gasteiger partial charge in [0.1, 0.15) is 11.6 Å². The van der Waals surface area contributed by atoms with Gasteiger partial charge in [-0.2, -0.15) is 0 Å². The second-order valence-electron chi connectivity index (χ2n) is 6.15. The number of aromatic nitrogens is 2. The minimum absolute atomic E-state index is 0.0686. The van der Waals surface area contributed by atoms with Gasteiger partial charge >= 0.3 is 0 Å². The third kappa shape index (κ3) is 3.15. The van der Waals surface area contributed by atoms with E-state index in [9.17, 15) is 4.79 Å². The molecule has 3 N–H and O–H groups in total. The molecule has 19 heavy (non-hydrogen) atoms. The molecule has 106 valence electrons. The molecule has 0 aliphatic carbocycles. The number of hydrogen-bond donors (Lipinski definition) is 2. The van der Waals surface area contributed by atoms with Gasteiger partial charge in [-0.1, -0.05) is 20.8 Å². The molecule has 0 aromatic carbocycles. The Morgan fingerprint density at radius 2 is 2.11 bits per heavy atom. The fourth-order valence-electron chi connectivity index (χ4n) is 2.38. The van der Waals surface area contributed by atoms with E-state index >= 15 is 0 Å². The van der Waals surface area contributed by atoms with Crippen molar-refractivity contribution in [2.75, 3.05) is 24.5 Å². The quantitative estimate of drug-likeness (QED) is 0.866. The zero-order chi connectivity index (χ0) is 14.0. The zero-order valence-corrected chi connectivity index (χ0v) is 12.1. The molecule has 1 aliphatic rings. The minimum atomic E-state index is -0.0686. The molecule has 2 heterocycles. The molecule has 5 heteroatoms. The predicted molar refractivity (Wildman–Crippen MR) is 77.6 cm³/mol. The Kier molecular flexibility index (Phi) is 3.94. The SMILES string of the molecule is CC(C)c1nc(N2CCC(C)(CN)CC2)cc(=O)[nH]1. The van der Waals surface area contributed by atoms with Crippen molar-refractivity contribution in [3.8, 4) is 0 Å². The lowest BCUT2D eigenvalue weighted by Crippen LogP contribution is -2.43. The highest BCUT2D eigenvalue weighted by molar-refractivity contribution is 5.38. The molecule has 0 radical (unpaired) electrons. The van der Waals surface area contributed by atoms with E-state index in [0.717, 1.165) is 44.1 Å². The highest BCUT2D eigenvalue weighted by Crippen LogP contribution is 2.31.